The third kappa shape index (κ3) is 3.43. The third-order valence-electron chi connectivity index (χ3n) is 3.00. The van der Waals surface area contributed by atoms with Gasteiger partial charge in [-0.2, -0.15) is 0 Å². The Bertz CT molecular complexity index is 491. The molecule has 94 valence electrons. The summed E-state index contributed by atoms with van der Waals surface area (Å²) in [5.41, 5.74) is 2.98. The van der Waals surface area contributed by atoms with Crippen molar-refractivity contribution in [3.8, 4) is 0 Å². The molecule has 0 saturated carbocycles. The van der Waals surface area contributed by atoms with Gasteiger partial charge >= 0.3 is 0 Å². The molecule has 1 fully saturated rings. The maximum atomic E-state index is 11.3. The van der Waals surface area contributed by atoms with Gasteiger partial charge in [-0.15, -0.1) is 0 Å². The van der Waals surface area contributed by atoms with Crippen molar-refractivity contribution in [1.82, 2.24) is 4.98 Å². The molecular weight excluding hydrogens is 236 g/mol. The van der Waals surface area contributed by atoms with Gasteiger partial charge in [-0.05, 0) is 38.3 Å². The number of rotatable bonds is 3. The summed E-state index contributed by atoms with van der Waals surface area (Å²) < 4.78 is 22.6. The maximum absolute atomic E-state index is 11.3. The zero-order valence-electron chi connectivity index (χ0n) is 10.2. The summed E-state index contributed by atoms with van der Waals surface area (Å²) in [5.74, 6) is 0.908. The molecule has 5 heteroatoms. The van der Waals surface area contributed by atoms with Crippen LogP contribution < -0.4 is 5.32 Å². The lowest BCUT2D eigenvalue weighted by Crippen LogP contribution is -2.15. The molecule has 1 aliphatic rings. The van der Waals surface area contributed by atoms with Crippen molar-refractivity contribution in [1.29, 1.82) is 0 Å². The Morgan fingerprint density at radius 1 is 1.35 bits per heavy atom. The van der Waals surface area contributed by atoms with Gasteiger partial charge in [0.2, 0.25) is 0 Å². The second-order valence-corrected chi connectivity index (χ2v) is 7.02. The van der Waals surface area contributed by atoms with E-state index in [4.69, 9.17) is 0 Å². The van der Waals surface area contributed by atoms with Crippen molar-refractivity contribution in [2.45, 2.75) is 20.3 Å². The number of aryl methyl sites for hydroxylation is 2. The molecule has 0 spiro atoms. The number of pyridine rings is 1. The first-order valence-electron chi connectivity index (χ1n) is 5.84. The van der Waals surface area contributed by atoms with Crippen molar-refractivity contribution in [2.24, 2.45) is 5.92 Å². The van der Waals surface area contributed by atoms with E-state index in [-0.39, 0.29) is 5.92 Å². The van der Waals surface area contributed by atoms with Gasteiger partial charge in [0.05, 0.1) is 11.5 Å². The highest BCUT2D eigenvalue weighted by molar-refractivity contribution is 7.91. The zero-order valence-corrected chi connectivity index (χ0v) is 11.0. The number of nitrogens with zero attached hydrogens (tertiary/aromatic N) is 1. The molecule has 1 N–H and O–H groups in total. The first-order chi connectivity index (χ1) is 7.94. The van der Waals surface area contributed by atoms with Crippen LogP contribution in [0.3, 0.4) is 0 Å². The van der Waals surface area contributed by atoms with Gasteiger partial charge in [-0.25, -0.2) is 8.42 Å². The molecule has 2 rings (SSSR count). The number of hydrogen-bond donors (Lipinski definition) is 1. The fourth-order valence-corrected chi connectivity index (χ4v) is 4.09. The summed E-state index contributed by atoms with van der Waals surface area (Å²) in [5, 5.41) is 3.30. The minimum Gasteiger partial charge on any atom is -0.385 e. The van der Waals surface area contributed by atoms with Crippen LogP contribution in [-0.4, -0.2) is 31.5 Å². The Hall–Kier alpha value is -1.10. The molecule has 0 amide bonds. The predicted molar refractivity (Wildman–Crippen MR) is 69.0 cm³/mol. The SMILES string of the molecule is Cc1cc(NCC2CCS(=O)(=O)C2)cc(C)n1. The Balaban J connectivity index is 1.94. The zero-order chi connectivity index (χ0) is 12.5. The summed E-state index contributed by atoms with van der Waals surface area (Å²) in [7, 11) is -2.77. The van der Waals surface area contributed by atoms with Crippen LogP contribution in [0.25, 0.3) is 0 Å². The highest BCUT2D eigenvalue weighted by Gasteiger charge is 2.27. The Kier molecular flexibility index (Phi) is 3.38. The lowest BCUT2D eigenvalue weighted by atomic mass is 10.1. The van der Waals surface area contributed by atoms with Crippen molar-refractivity contribution < 1.29 is 8.42 Å². The van der Waals surface area contributed by atoms with Gasteiger partial charge in [0, 0.05) is 23.6 Å². The minimum atomic E-state index is -2.77. The lowest BCUT2D eigenvalue weighted by Gasteiger charge is -2.11. The van der Waals surface area contributed by atoms with Gasteiger partial charge in [0.15, 0.2) is 9.84 Å². The van der Waals surface area contributed by atoms with Crippen LogP contribution in [-0.2, 0) is 9.84 Å². The first-order valence-corrected chi connectivity index (χ1v) is 7.66. The van der Waals surface area contributed by atoms with E-state index >= 15 is 0 Å². The standard InChI is InChI=1S/C12H18N2O2S/c1-9-5-12(6-10(2)14-9)13-7-11-3-4-17(15,16)8-11/h5-6,11H,3-4,7-8H2,1-2H3,(H,13,14). The molecule has 0 aromatic carbocycles. The molecule has 17 heavy (non-hydrogen) atoms. The Morgan fingerprint density at radius 2 is 2.00 bits per heavy atom. The second kappa shape index (κ2) is 4.64. The van der Waals surface area contributed by atoms with E-state index in [0.717, 1.165) is 30.0 Å². The van der Waals surface area contributed by atoms with Crippen LogP contribution in [0.5, 0.6) is 0 Å². The third-order valence-corrected chi connectivity index (χ3v) is 4.84. The van der Waals surface area contributed by atoms with E-state index in [0.29, 0.717) is 11.5 Å². The van der Waals surface area contributed by atoms with Crippen molar-refractivity contribution in [2.75, 3.05) is 23.4 Å². The van der Waals surface area contributed by atoms with Gasteiger partial charge in [-0.3, -0.25) is 4.98 Å². The molecule has 2 heterocycles. The predicted octanol–water partition coefficient (Wildman–Crippen LogP) is 1.55. The number of aromatic nitrogens is 1. The second-order valence-electron chi connectivity index (χ2n) is 4.79. The smallest absolute Gasteiger partial charge is 0.150 e. The summed E-state index contributed by atoms with van der Waals surface area (Å²) in [6, 6.07) is 3.97. The topological polar surface area (TPSA) is 59.1 Å². The molecule has 1 aliphatic heterocycles. The van der Waals surface area contributed by atoms with E-state index in [1.165, 1.54) is 0 Å². The lowest BCUT2D eigenvalue weighted by molar-refractivity contribution is 0.596. The normalized spacial score (nSPS) is 22.6. The van der Waals surface area contributed by atoms with Crippen LogP contribution in [0.1, 0.15) is 17.8 Å². The van der Waals surface area contributed by atoms with Gasteiger partial charge in [0.1, 0.15) is 0 Å². The fourth-order valence-electron chi connectivity index (χ4n) is 2.23. The highest BCUT2D eigenvalue weighted by atomic mass is 32.2. The van der Waals surface area contributed by atoms with Crippen molar-refractivity contribution in [3.63, 3.8) is 0 Å². The van der Waals surface area contributed by atoms with E-state index in [2.05, 4.69) is 10.3 Å². The van der Waals surface area contributed by atoms with Crippen LogP contribution in [0.4, 0.5) is 5.69 Å². The minimum absolute atomic E-state index is 0.244. The number of sulfone groups is 1. The quantitative estimate of drug-likeness (QED) is 0.889. The molecule has 1 saturated heterocycles. The molecule has 4 nitrogen and oxygen atoms in total. The van der Waals surface area contributed by atoms with E-state index in [1.807, 2.05) is 26.0 Å². The largest absolute Gasteiger partial charge is 0.385 e. The number of anilines is 1. The molecule has 0 radical (unpaired) electrons. The molecule has 0 aliphatic carbocycles. The molecule has 1 aromatic heterocycles. The molecule has 1 atom stereocenters. The molecule has 1 unspecified atom stereocenters. The summed E-state index contributed by atoms with van der Waals surface area (Å²) in [4.78, 5) is 4.30. The Morgan fingerprint density at radius 3 is 2.53 bits per heavy atom. The van der Waals surface area contributed by atoms with Crippen molar-refractivity contribution in [3.05, 3.63) is 23.5 Å². The molecule has 1 aromatic rings. The van der Waals surface area contributed by atoms with E-state index in [1.54, 1.807) is 0 Å². The van der Waals surface area contributed by atoms with Crippen LogP contribution >= 0.6 is 0 Å². The molecule has 0 bridgehead atoms. The van der Waals surface area contributed by atoms with Crippen LogP contribution in [0.2, 0.25) is 0 Å². The van der Waals surface area contributed by atoms with E-state index < -0.39 is 9.84 Å². The molecular formula is C12H18N2O2S. The first kappa shape index (κ1) is 12.4. The number of hydrogen-bond acceptors (Lipinski definition) is 4. The summed E-state index contributed by atoms with van der Waals surface area (Å²) in [6.45, 7) is 4.64. The van der Waals surface area contributed by atoms with Crippen LogP contribution in [0, 0.1) is 19.8 Å². The van der Waals surface area contributed by atoms with Gasteiger partial charge < -0.3 is 5.32 Å². The summed E-state index contributed by atoms with van der Waals surface area (Å²) in [6.07, 6.45) is 0.776. The van der Waals surface area contributed by atoms with Gasteiger partial charge in [-0.1, -0.05) is 0 Å². The maximum Gasteiger partial charge on any atom is 0.150 e. The van der Waals surface area contributed by atoms with Gasteiger partial charge in [0.25, 0.3) is 0 Å². The van der Waals surface area contributed by atoms with Crippen molar-refractivity contribution >= 4 is 15.5 Å². The summed E-state index contributed by atoms with van der Waals surface area (Å²) >= 11 is 0. The highest BCUT2D eigenvalue weighted by Crippen LogP contribution is 2.19. The van der Waals surface area contributed by atoms with Crippen LogP contribution in [0.15, 0.2) is 12.1 Å². The average Bonchev–Trinajstić information content (AvgIpc) is 2.54. The monoisotopic (exact) mass is 254 g/mol. The Labute approximate surface area is 102 Å². The fraction of sp³-hybridized carbons (Fsp3) is 0.583. The van der Waals surface area contributed by atoms with E-state index in [9.17, 15) is 8.42 Å². The average molecular weight is 254 g/mol. The number of nitrogens with one attached hydrogen (secondary N) is 1.